The summed E-state index contributed by atoms with van der Waals surface area (Å²) < 4.78 is 9.24. The fourth-order valence-electron chi connectivity index (χ4n) is 1.84. The molecule has 6 heteroatoms. The summed E-state index contributed by atoms with van der Waals surface area (Å²) in [6, 6.07) is 10.9. The van der Waals surface area contributed by atoms with Crippen molar-refractivity contribution in [3.05, 3.63) is 59.2 Å². The number of hydrogen-bond acceptors (Lipinski definition) is 6. The Morgan fingerprint density at radius 2 is 1.52 bits per heavy atom. The molecule has 0 heterocycles. The van der Waals surface area contributed by atoms with E-state index in [9.17, 15) is 14.7 Å². The molecule has 1 N–H and O–H groups in total. The molecule has 23 heavy (non-hydrogen) atoms. The van der Waals surface area contributed by atoms with Gasteiger partial charge in [-0.05, 0) is 35.9 Å². The maximum Gasteiger partial charge on any atom is 0.337 e. The van der Waals surface area contributed by atoms with Crippen LogP contribution in [0, 0.1) is 0 Å². The molecule has 0 unspecified atom stereocenters. The fourth-order valence-corrected chi connectivity index (χ4v) is 1.84. The number of nitrogens with zero attached hydrogens (tertiary/aromatic N) is 1. The summed E-state index contributed by atoms with van der Waals surface area (Å²) in [5, 5.41) is 9.79. The molecular weight excluding hydrogens is 298 g/mol. The summed E-state index contributed by atoms with van der Waals surface area (Å²) in [5.41, 5.74) is 1.68. The van der Waals surface area contributed by atoms with Crippen LogP contribution >= 0.6 is 0 Å². The molecule has 118 valence electrons. The molecular formula is C17H15NO5. The maximum absolute atomic E-state index is 11.5. The Balaban J connectivity index is 2.22. The van der Waals surface area contributed by atoms with Crippen molar-refractivity contribution < 1.29 is 24.2 Å². The molecule has 0 saturated heterocycles. The van der Waals surface area contributed by atoms with Gasteiger partial charge in [0, 0.05) is 6.21 Å². The van der Waals surface area contributed by atoms with Gasteiger partial charge in [0.1, 0.15) is 11.4 Å². The number of aliphatic imine (C=N–C) groups is 1. The number of methoxy groups -OCH3 is 2. The van der Waals surface area contributed by atoms with E-state index < -0.39 is 11.9 Å². The molecule has 0 aliphatic rings. The van der Waals surface area contributed by atoms with Gasteiger partial charge in [0.05, 0.1) is 25.3 Å². The smallest absolute Gasteiger partial charge is 0.337 e. The van der Waals surface area contributed by atoms with E-state index in [4.69, 9.17) is 0 Å². The number of phenolic OH excluding ortho intramolecular Hbond substituents is 1. The number of hydrogen-bond donors (Lipinski definition) is 1. The number of carbonyl (C=O) groups is 2. The molecule has 0 spiro atoms. The average Bonchev–Trinajstić information content (AvgIpc) is 2.60. The normalized spacial score (nSPS) is 10.5. The lowest BCUT2D eigenvalue weighted by atomic mass is 10.1. The summed E-state index contributed by atoms with van der Waals surface area (Å²) in [6.45, 7) is 0. The molecule has 0 bridgehead atoms. The van der Waals surface area contributed by atoms with Gasteiger partial charge in [0.15, 0.2) is 0 Å². The predicted octanol–water partition coefficient (Wildman–Crippen LogP) is 2.72. The van der Waals surface area contributed by atoms with Crippen LogP contribution in [0.1, 0.15) is 26.3 Å². The van der Waals surface area contributed by atoms with Crippen LogP contribution in [0.25, 0.3) is 0 Å². The topological polar surface area (TPSA) is 85.2 Å². The van der Waals surface area contributed by atoms with Crippen LogP contribution in [0.2, 0.25) is 0 Å². The highest BCUT2D eigenvalue weighted by Gasteiger charge is 2.08. The van der Waals surface area contributed by atoms with Crippen molar-refractivity contribution in [3.63, 3.8) is 0 Å². The largest absolute Gasteiger partial charge is 0.506 e. The quantitative estimate of drug-likeness (QED) is 0.693. The Labute approximate surface area is 133 Å². The van der Waals surface area contributed by atoms with E-state index in [2.05, 4.69) is 14.5 Å². The first-order valence-electron chi connectivity index (χ1n) is 6.69. The van der Waals surface area contributed by atoms with E-state index in [1.165, 1.54) is 38.6 Å². The van der Waals surface area contributed by atoms with Crippen molar-refractivity contribution in [2.75, 3.05) is 14.2 Å². The summed E-state index contributed by atoms with van der Waals surface area (Å²) in [5.74, 6) is -0.985. The predicted molar refractivity (Wildman–Crippen MR) is 84.5 cm³/mol. The molecule has 0 aromatic heterocycles. The second-order valence-corrected chi connectivity index (χ2v) is 4.57. The minimum atomic E-state index is -0.510. The van der Waals surface area contributed by atoms with Crippen molar-refractivity contribution in [1.82, 2.24) is 0 Å². The van der Waals surface area contributed by atoms with Crippen LogP contribution in [0.5, 0.6) is 5.75 Å². The van der Waals surface area contributed by atoms with Crippen LogP contribution in [0.4, 0.5) is 5.69 Å². The van der Waals surface area contributed by atoms with Gasteiger partial charge in [-0.1, -0.05) is 12.1 Å². The molecule has 2 aromatic rings. The number of ether oxygens (including phenoxy) is 2. The van der Waals surface area contributed by atoms with Crippen molar-refractivity contribution in [3.8, 4) is 5.75 Å². The third kappa shape index (κ3) is 3.94. The molecule has 0 atom stereocenters. The third-order valence-corrected chi connectivity index (χ3v) is 3.08. The van der Waals surface area contributed by atoms with E-state index in [0.717, 1.165) is 5.56 Å². The lowest BCUT2D eigenvalue weighted by Gasteiger charge is -2.03. The van der Waals surface area contributed by atoms with Crippen LogP contribution < -0.4 is 0 Å². The van der Waals surface area contributed by atoms with E-state index >= 15 is 0 Å². The Morgan fingerprint density at radius 1 is 0.957 bits per heavy atom. The zero-order valence-corrected chi connectivity index (χ0v) is 12.6. The van der Waals surface area contributed by atoms with Gasteiger partial charge in [0.2, 0.25) is 0 Å². The highest BCUT2D eigenvalue weighted by atomic mass is 16.5. The molecule has 0 radical (unpaired) electrons. The monoisotopic (exact) mass is 313 g/mol. The summed E-state index contributed by atoms with van der Waals surface area (Å²) in [7, 11) is 2.59. The minimum Gasteiger partial charge on any atom is -0.506 e. The second kappa shape index (κ2) is 7.22. The number of phenols is 1. The van der Waals surface area contributed by atoms with E-state index in [0.29, 0.717) is 11.1 Å². The lowest BCUT2D eigenvalue weighted by Crippen LogP contribution is -2.00. The Hall–Kier alpha value is -3.15. The summed E-state index contributed by atoms with van der Waals surface area (Å²) in [6.07, 6.45) is 1.51. The van der Waals surface area contributed by atoms with Crippen molar-refractivity contribution >= 4 is 23.8 Å². The van der Waals surface area contributed by atoms with E-state index in [-0.39, 0.29) is 11.4 Å². The number of rotatable bonds is 4. The standard InChI is InChI=1S/C17H15NO5/c1-22-16(20)12-5-3-11(4-6-12)10-18-14-9-13(17(21)23-2)7-8-15(14)19/h3-10,19H,1-2H3. The third-order valence-electron chi connectivity index (χ3n) is 3.08. The van der Waals surface area contributed by atoms with Crippen molar-refractivity contribution in [1.29, 1.82) is 0 Å². The highest BCUT2D eigenvalue weighted by Crippen LogP contribution is 2.27. The van der Waals surface area contributed by atoms with Gasteiger partial charge in [0.25, 0.3) is 0 Å². The Bertz CT molecular complexity index is 750. The zero-order valence-electron chi connectivity index (χ0n) is 12.6. The molecule has 6 nitrogen and oxygen atoms in total. The SMILES string of the molecule is COC(=O)c1ccc(C=Nc2cc(C(=O)OC)ccc2O)cc1. The molecule has 2 rings (SSSR count). The number of carbonyl (C=O) groups excluding carboxylic acids is 2. The van der Waals surface area contributed by atoms with Crippen LogP contribution in [0.3, 0.4) is 0 Å². The molecule has 0 aliphatic heterocycles. The highest BCUT2D eigenvalue weighted by molar-refractivity contribution is 5.92. The fraction of sp³-hybridized carbons (Fsp3) is 0.118. The molecule has 0 fully saturated rings. The van der Waals surface area contributed by atoms with E-state index in [1.54, 1.807) is 24.3 Å². The lowest BCUT2D eigenvalue weighted by molar-refractivity contribution is 0.0592. The molecule has 0 amide bonds. The van der Waals surface area contributed by atoms with Crippen molar-refractivity contribution in [2.45, 2.75) is 0 Å². The van der Waals surface area contributed by atoms with Crippen LogP contribution in [-0.2, 0) is 9.47 Å². The first kappa shape index (κ1) is 16.2. The first-order valence-corrected chi connectivity index (χ1v) is 6.69. The van der Waals surface area contributed by atoms with Crippen molar-refractivity contribution in [2.24, 2.45) is 4.99 Å². The first-order chi connectivity index (χ1) is 11.0. The zero-order chi connectivity index (χ0) is 16.8. The van der Waals surface area contributed by atoms with Gasteiger partial charge in [-0.15, -0.1) is 0 Å². The molecule has 0 aliphatic carbocycles. The van der Waals surface area contributed by atoms with Crippen LogP contribution in [-0.4, -0.2) is 37.5 Å². The summed E-state index contributed by atoms with van der Waals surface area (Å²) in [4.78, 5) is 27.0. The van der Waals surface area contributed by atoms with Gasteiger partial charge in [-0.3, -0.25) is 4.99 Å². The van der Waals surface area contributed by atoms with Gasteiger partial charge < -0.3 is 14.6 Å². The Morgan fingerprint density at radius 3 is 2.13 bits per heavy atom. The van der Waals surface area contributed by atoms with Gasteiger partial charge in [-0.25, -0.2) is 9.59 Å². The Kier molecular flexibility index (Phi) is 5.09. The molecule has 2 aromatic carbocycles. The molecule has 0 saturated carbocycles. The number of benzene rings is 2. The maximum atomic E-state index is 11.5. The summed E-state index contributed by atoms with van der Waals surface area (Å²) >= 11 is 0. The van der Waals surface area contributed by atoms with Gasteiger partial charge >= 0.3 is 11.9 Å². The second-order valence-electron chi connectivity index (χ2n) is 4.57. The number of aromatic hydroxyl groups is 1. The number of esters is 2. The minimum absolute atomic E-state index is 0.0555. The van der Waals surface area contributed by atoms with Crippen LogP contribution in [0.15, 0.2) is 47.5 Å². The average molecular weight is 313 g/mol. The van der Waals surface area contributed by atoms with Gasteiger partial charge in [-0.2, -0.15) is 0 Å². The van der Waals surface area contributed by atoms with E-state index in [1.807, 2.05) is 0 Å².